The molecule has 0 atom stereocenters. The molecular weight excluding hydrogens is 396 g/mol. The van der Waals surface area contributed by atoms with Crippen molar-refractivity contribution in [1.29, 1.82) is 0 Å². The van der Waals surface area contributed by atoms with E-state index in [0.717, 1.165) is 22.5 Å². The molecule has 1 aliphatic rings. The summed E-state index contributed by atoms with van der Waals surface area (Å²) in [5.41, 5.74) is 5.76. The first kappa shape index (κ1) is 22.6. The van der Waals surface area contributed by atoms with Gasteiger partial charge in [-0.25, -0.2) is 23.2 Å². The van der Waals surface area contributed by atoms with Gasteiger partial charge in [-0.1, -0.05) is 12.1 Å². The Kier molecular flexibility index (Phi) is 7.55. The average Bonchev–Trinajstić information content (AvgIpc) is 3.15. The first-order chi connectivity index (χ1) is 13.6. The molecule has 29 heavy (non-hydrogen) atoms. The Morgan fingerprint density at radius 2 is 1.45 bits per heavy atom. The number of benzene rings is 1. The highest BCUT2D eigenvalue weighted by molar-refractivity contribution is 6.03. The molecule has 154 valence electrons. The third-order valence-corrected chi connectivity index (χ3v) is 4.11. The number of allylic oxidation sites excluding steroid dienone is 5. The Balaban J connectivity index is 0.000000537. The fourth-order valence-corrected chi connectivity index (χ4v) is 2.72. The molecule has 0 amide bonds. The molecule has 8 heteroatoms. The zero-order chi connectivity index (χ0) is 21.6. The van der Waals surface area contributed by atoms with Crippen molar-refractivity contribution in [3.8, 4) is 0 Å². The van der Waals surface area contributed by atoms with E-state index >= 15 is 0 Å². The lowest BCUT2D eigenvalue weighted by atomic mass is 9.94. The minimum atomic E-state index is -4.94. The summed E-state index contributed by atoms with van der Waals surface area (Å²) in [4.78, 5) is 2.10. The monoisotopic (exact) mass is 418 g/mol. The third-order valence-electron chi connectivity index (χ3n) is 4.11. The molecule has 7 nitrogen and oxygen atoms in total. The van der Waals surface area contributed by atoms with Crippen molar-refractivity contribution in [2.45, 2.75) is 0 Å². The Bertz CT molecular complexity index is 906. The fraction of sp³-hybridized carbons (Fsp3) is 0.190. The van der Waals surface area contributed by atoms with Gasteiger partial charge in [-0.2, -0.15) is 0 Å². The molecule has 0 aliphatic heterocycles. The summed E-state index contributed by atoms with van der Waals surface area (Å²) in [7, 11) is 3.25. The van der Waals surface area contributed by atoms with Crippen LogP contribution in [0, 0.1) is 10.2 Å². The Morgan fingerprint density at radius 1 is 0.897 bits per heavy atom. The number of hydrogen-bond donors (Lipinski definition) is 0. The molecule has 1 aromatic heterocycles. The van der Waals surface area contributed by atoms with E-state index in [1.807, 2.05) is 40.3 Å². The highest BCUT2D eigenvalue weighted by atomic mass is 35.7. The average molecular weight is 419 g/mol. The van der Waals surface area contributed by atoms with Crippen LogP contribution in [-0.4, -0.2) is 38.5 Å². The van der Waals surface area contributed by atoms with Gasteiger partial charge < -0.3 is 9.32 Å². The first-order valence-electron chi connectivity index (χ1n) is 8.64. The lowest BCUT2D eigenvalue weighted by Gasteiger charge is -2.17. The molecule has 1 heterocycles. The van der Waals surface area contributed by atoms with Gasteiger partial charge >= 0.3 is 0 Å². The Hall–Kier alpha value is -2.68. The van der Waals surface area contributed by atoms with Gasteiger partial charge in [0.1, 0.15) is 19.9 Å². The number of halogens is 1. The van der Waals surface area contributed by atoms with Crippen LogP contribution in [0.25, 0.3) is 5.57 Å². The first-order valence-corrected chi connectivity index (χ1v) is 9.88. The van der Waals surface area contributed by atoms with Crippen LogP contribution in [-0.2, 0) is 0 Å². The molecular formula is C21H23ClN2O5. The second-order valence-corrected chi connectivity index (χ2v) is 7.37. The van der Waals surface area contributed by atoms with E-state index in [-0.39, 0.29) is 0 Å². The minimum Gasteiger partial charge on any atom is -0.464 e. The minimum absolute atomic E-state index is 0.880. The summed E-state index contributed by atoms with van der Waals surface area (Å²) in [5, 5.41) is 0. The zero-order valence-electron chi connectivity index (χ0n) is 16.7. The van der Waals surface area contributed by atoms with Gasteiger partial charge in [-0.05, 0) is 47.6 Å². The van der Waals surface area contributed by atoms with Crippen molar-refractivity contribution < 1.29 is 37.9 Å². The summed E-state index contributed by atoms with van der Waals surface area (Å²) < 4.78 is 41.8. The molecule has 0 bridgehead atoms. The van der Waals surface area contributed by atoms with Crippen LogP contribution in [0.4, 0.5) is 5.69 Å². The summed E-state index contributed by atoms with van der Waals surface area (Å²) in [5.74, 6) is 0.880. The second kappa shape index (κ2) is 9.69. The Labute approximate surface area is 172 Å². The van der Waals surface area contributed by atoms with Crippen molar-refractivity contribution in [3.05, 3.63) is 83.9 Å². The summed E-state index contributed by atoms with van der Waals surface area (Å²) in [6.45, 7) is 0. The number of rotatable bonds is 3. The van der Waals surface area contributed by atoms with Crippen molar-refractivity contribution in [2.75, 3.05) is 33.1 Å². The maximum Gasteiger partial charge on any atom is 0.199 e. The molecule has 0 unspecified atom stereocenters. The molecule has 0 fully saturated rings. The third kappa shape index (κ3) is 7.01. The smallest absolute Gasteiger partial charge is 0.199 e. The molecule has 1 aromatic carbocycles. The molecule has 0 saturated heterocycles. The van der Waals surface area contributed by atoms with E-state index < -0.39 is 10.2 Å². The number of furan rings is 1. The van der Waals surface area contributed by atoms with Crippen molar-refractivity contribution in [1.82, 2.24) is 0 Å². The van der Waals surface area contributed by atoms with Crippen LogP contribution < -0.4 is 23.5 Å². The molecule has 0 saturated carbocycles. The molecule has 0 N–H and O–H groups in total. The quantitative estimate of drug-likeness (QED) is 0.605. The summed E-state index contributed by atoms with van der Waals surface area (Å²) in [6.07, 6.45) is 10.3. The Morgan fingerprint density at radius 3 is 1.86 bits per heavy atom. The van der Waals surface area contributed by atoms with Gasteiger partial charge in [0.2, 0.25) is 0 Å². The standard InChI is InChI=1S/C21H23N2O.ClHO4/c1-22(2)18-11-7-16(8-12-18)21(20-6-5-15-24-20)17-9-13-19(14-10-17)23(3)4;2-1(3,4)5/h5-15H,1-4H3;(H,2,3,4,5)/q+1;/p-1. The molecule has 3 rings (SSSR count). The largest absolute Gasteiger partial charge is 0.464 e. The van der Waals surface area contributed by atoms with Crippen LogP contribution >= 0.6 is 0 Å². The maximum absolute atomic E-state index is 8.49. The van der Waals surface area contributed by atoms with E-state index in [2.05, 4.69) is 58.0 Å². The summed E-state index contributed by atoms with van der Waals surface area (Å²) >= 11 is 0. The van der Waals surface area contributed by atoms with Crippen LogP contribution in [0.5, 0.6) is 0 Å². The predicted molar refractivity (Wildman–Crippen MR) is 101 cm³/mol. The number of hydrogen-bond acceptors (Lipinski definition) is 6. The van der Waals surface area contributed by atoms with E-state index in [1.54, 1.807) is 6.26 Å². The van der Waals surface area contributed by atoms with E-state index in [1.165, 1.54) is 11.4 Å². The van der Waals surface area contributed by atoms with E-state index in [4.69, 9.17) is 23.1 Å². The molecule has 0 spiro atoms. The van der Waals surface area contributed by atoms with Crippen LogP contribution in [0.2, 0.25) is 0 Å². The summed E-state index contributed by atoms with van der Waals surface area (Å²) in [6, 6.07) is 12.5. The van der Waals surface area contributed by atoms with Crippen molar-refractivity contribution in [3.63, 3.8) is 0 Å². The lowest BCUT2D eigenvalue weighted by Crippen LogP contribution is -2.68. The van der Waals surface area contributed by atoms with Crippen LogP contribution in [0.3, 0.4) is 0 Å². The van der Waals surface area contributed by atoms with Gasteiger partial charge in [-0.15, -0.1) is 10.2 Å². The molecule has 0 radical (unpaired) electrons. The topological polar surface area (TPSA) is 112 Å². The molecule has 1 aliphatic carbocycles. The van der Waals surface area contributed by atoms with Crippen molar-refractivity contribution >= 4 is 17.0 Å². The fourth-order valence-electron chi connectivity index (χ4n) is 2.72. The van der Waals surface area contributed by atoms with Crippen LogP contribution in [0.15, 0.2) is 77.0 Å². The predicted octanol–water partition coefficient (Wildman–Crippen LogP) is -0.769. The maximum atomic E-state index is 8.49. The zero-order valence-corrected chi connectivity index (χ0v) is 17.4. The van der Waals surface area contributed by atoms with E-state index in [9.17, 15) is 0 Å². The lowest BCUT2D eigenvalue weighted by molar-refractivity contribution is -2.00. The van der Waals surface area contributed by atoms with Gasteiger partial charge in [0.05, 0.1) is 6.26 Å². The van der Waals surface area contributed by atoms with Crippen molar-refractivity contribution in [2.24, 2.45) is 0 Å². The highest BCUT2D eigenvalue weighted by Crippen LogP contribution is 2.30. The SMILES string of the molecule is CN(C)c1ccc(C(=C2C=CC(=[N+](C)C)C=C2)c2ccco2)cc1.[O-][Cl+3]([O-])([O-])[O-]. The normalized spacial score (nSPS) is 13.1. The molecule has 2 aromatic rings. The van der Waals surface area contributed by atoms with Gasteiger partial charge in [0.15, 0.2) is 5.71 Å². The van der Waals surface area contributed by atoms with Gasteiger partial charge in [0, 0.05) is 37.5 Å². The highest BCUT2D eigenvalue weighted by Gasteiger charge is 2.15. The van der Waals surface area contributed by atoms with Gasteiger partial charge in [-0.3, -0.25) is 0 Å². The van der Waals surface area contributed by atoms with Gasteiger partial charge in [0.25, 0.3) is 0 Å². The van der Waals surface area contributed by atoms with Crippen LogP contribution in [0.1, 0.15) is 11.3 Å². The number of nitrogens with zero attached hydrogens (tertiary/aromatic N) is 2. The second-order valence-electron chi connectivity index (χ2n) is 6.61. The number of anilines is 1. The van der Waals surface area contributed by atoms with E-state index in [0.29, 0.717) is 0 Å².